The van der Waals surface area contributed by atoms with Gasteiger partial charge in [-0.15, -0.1) is 10.2 Å². The average Bonchev–Trinajstić information content (AvgIpc) is 3.31. The van der Waals surface area contributed by atoms with Gasteiger partial charge in [0.15, 0.2) is 0 Å². The summed E-state index contributed by atoms with van der Waals surface area (Å²) in [4.78, 5) is 14.7. The van der Waals surface area contributed by atoms with Crippen molar-refractivity contribution < 1.29 is 4.79 Å². The molecule has 7 nitrogen and oxygen atoms in total. The zero-order valence-corrected chi connectivity index (χ0v) is 14.8. The molecule has 0 radical (unpaired) electrons. The van der Waals surface area contributed by atoms with Crippen molar-refractivity contribution >= 4 is 5.91 Å². The summed E-state index contributed by atoms with van der Waals surface area (Å²) in [5.74, 6) is 1.19. The molecule has 1 saturated heterocycles. The number of aromatic nitrogens is 5. The van der Waals surface area contributed by atoms with Gasteiger partial charge in [0.25, 0.3) is 5.91 Å². The number of benzene rings is 1. The van der Waals surface area contributed by atoms with E-state index >= 15 is 0 Å². The van der Waals surface area contributed by atoms with Crippen LogP contribution >= 0.6 is 0 Å². The quantitative estimate of drug-likeness (QED) is 0.722. The number of piperidine rings is 1. The smallest absolute Gasteiger partial charge is 0.272 e. The zero-order chi connectivity index (χ0) is 17.9. The van der Waals surface area contributed by atoms with Crippen molar-refractivity contribution in [2.24, 2.45) is 7.05 Å². The van der Waals surface area contributed by atoms with E-state index in [4.69, 9.17) is 0 Å². The van der Waals surface area contributed by atoms with Crippen LogP contribution in [0.3, 0.4) is 0 Å². The van der Waals surface area contributed by atoms with E-state index < -0.39 is 0 Å². The highest BCUT2D eigenvalue weighted by molar-refractivity contribution is 5.92. The molecule has 0 bridgehead atoms. The normalized spacial score (nSPS) is 17.4. The molecular weight excluding hydrogens is 328 g/mol. The van der Waals surface area contributed by atoms with Crippen LogP contribution in [0, 0.1) is 0 Å². The number of carbonyl (C=O) groups is 1. The van der Waals surface area contributed by atoms with E-state index in [1.54, 1.807) is 30.3 Å². The molecule has 2 aromatic heterocycles. The van der Waals surface area contributed by atoms with Gasteiger partial charge in [0.2, 0.25) is 0 Å². The molecule has 0 aliphatic carbocycles. The molecule has 0 saturated carbocycles. The van der Waals surface area contributed by atoms with Gasteiger partial charge in [-0.25, -0.2) is 0 Å². The summed E-state index contributed by atoms with van der Waals surface area (Å²) in [6, 6.07) is 12.1. The summed E-state index contributed by atoms with van der Waals surface area (Å²) in [7, 11) is 1.80. The van der Waals surface area contributed by atoms with Crippen LogP contribution in [0.1, 0.15) is 40.6 Å². The molecule has 1 aromatic carbocycles. The molecule has 3 heterocycles. The van der Waals surface area contributed by atoms with Crippen LogP contribution in [-0.4, -0.2) is 48.4 Å². The Labute approximate surface area is 152 Å². The summed E-state index contributed by atoms with van der Waals surface area (Å²) < 4.78 is 3.72. The SMILES string of the molecule is Cn1nccc1C(=O)N1CCC[C@H](c2nncn2Cc2ccccc2)C1. The first-order valence-corrected chi connectivity index (χ1v) is 8.91. The molecule has 1 aliphatic rings. The van der Waals surface area contributed by atoms with Crippen LogP contribution in [0.4, 0.5) is 0 Å². The third-order valence-electron chi connectivity index (χ3n) is 4.96. The fraction of sp³-hybridized carbons (Fsp3) is 0.368. The highest BCUT2D eigenvalue weighted by atomic mass is 16.2. The molecule has 0 spiro atoms. The van der Waals surface area contributed by atoms with E-state index in [-0.39, 0.29) is 11.8 Å². The second kappa shape index (κ2) is 7.11. The Morgan fingerprint density at radius 1 is 1.23 bits per heavy atom. The van der Waals surface area contributed by atoms with Crippen molar-refractivity contribution in [2.45, 2.75) is 25.3 Å². The molecule has 1 fully saturated rings. The minimum Gasteiger partial charge on any atom is -0.337 e. The topological polar surface area (TPSA) is 68.8 Å². The van der Waals surface area contributed by atoms with Gasteiger partial charge in [-0.1, -0.05) is 30.3 Å². The summed E-state index contributed by atoms with van der Waals surface area (Å²) in [6.07, 6.45) is 5.42. The zero-order valence-electron chi connectivity index (χ0n) is 14.8. The third-order valence-corrected chi connectivity index (χ3v) is 4.96. The van der Waals surface area contributed by atoms with Gasteiger partial charge in [-0.05, 0) is 24.5 Å². The lowest BCUT2D eigenvalue weighted by atomic mass is 9.96. The van der Waals surface area contributed by atoms with Gasteiger partial charge in [0.05, 0.1) is 6.54 Å². The maximum absolute atomic E-state index is 12.8. The first-order chi connectivity index (χ1) is 12.7. The van der Waals surface area contributed by atoms with Gasteiger partial charge in [0, 0.05) is 32.3 Å². The fourth-order valence-corrected chi connectivity index (χ4v) is 3.60. The Kier molecular flexibility index (Phi) is 4.51. The van der Waals surface area contributed by atoms with E-state index in [2.05, 4.69) is 32.0 Å². The molecule has 7 heteroatoms. The highest BCUT2D eigenvalue weighted by Gasteiger charge is 2.29. The van der Waals surface area contributed by atoms with E-state index in [0.29, 0.717) is 12.2 Å². The third kappa shape index (κ3) is 3.24. The van der Waals surface area contributed by atoms with E-state index in [9.17, 15) is 4.79 Å². The monoisotopic (exact) mass is 350 g/mol. The lowest BCUT2D eigenvalue weighted by molar-refractivity contribution is 0.0692. The molecule has 1 aliphatic heterocycles. The Balaban J connectivity index is 1.51. The number of likely N-dealkylation sites (tertiary alicyclic amines) is 1. The summed E-state index contributed by atoms with van der Waals surface area (Å²) >= 11 is 0. The van der Waals surface area contributed by atoms with Gasteiger partial charge in [-0.3, -0.25) is 9.48 Å². The van der Waals surface area contributed by atoms with E-state index in [1.807, 2.05) is 23.1 Å². The molecule has 0 unspecified atom stereocenters. The van der Waals surface area contributed by atoms with Crippen LogP contribution in [0.15, 0.2) is 48.9 Å². The molecule has 26 heavy (non-hydrogen) atoms. The number of rotatable bonds is 4. The lowest BCUT2D eigenvalue weighted by Gasteiger charge is -2.32. The molecule has 134 valence electrons. The standard InChI is InChI=1S/C19H22N6O/c1-23-17(9-10-21-23)19(26)24-11-5-8-16(13-24)18-22-20-14-25(18)12-15-6-3-2-4-7-15/h2-4,6-7,9-10,14,16H,5,8,11-13H2,1H3/t16-/m0/s1. The first-order valence-electron chi connectivity index (χ1n) is 8.91. The maximum Gasteiger partial charge on any atom is 0.272 e. The van der Waals surface area contributed by atoms with Crippen LogP contribution < -0.4 is 0 Å². The predicted molar refractivity (Wildman–Crippen MR) is 96.7 cm³/mol. The average molecular weight is 350 g/mol. The van der Waals surface area contributed by atoms with E-state index in [1.165, 1.54) is 5.56 Å². The van der Waals surface area contributed by atoms with Crippen LogP contribution in [0.2, 0.25) is 0 Å². The van der Waals surface area contributed by atoms with E-state index in [0.717, 1.165) is 31.8 Å². The molecule has 0 N–H and O–H groups in total. The Bertz CT molecular complexity index is 884. The predicted octanol–water partition coefficient (Wildman–Crippen LogP) is 2.08. The first kappa shape index (κ1) is 16.5. The number of amides is 1. The Morgan fingerprint density at radius 3 is 2.85 bits per heavy atom. The molecule has 3 aromatic rings. The van der Waals surface area contributed by atoms with Crippen LogP contribution in [-0.2, 0) is 13.6 Å². The van der Waals surface area contributed by atoms with Crippen molar-refractivity contribution in [2.75, 3.05) is 13.1 Å². The molecule has 1 atom stereocenters. The number of hydrogen-bond acceptors (Lipinski definition) is 4. The van der Waals surface area contributed by atoms with Gasteiger partial charge in [0.1, 0.15) is 17.8 Å². The number of hydrogen-bond donors (Lipinski definition) is 0. The van der Waals surface area contributed by atoms with Crippen LogP contribution in [0.5, 0.6) is 0 Å². The van der Waals surface area contributed by atoms with Crippen molar-refractivity contribution in [3.8, 4) is 0 Å². The minimum atomic E-state index is 0.0313. The van der Waals surface area contributed by atoms with Crippen molar-refractivity contribution in [1.82, 2.24) is 29.4 Å². The lowest BCUT2D eigenvalue weighted by Crippen LogP contribution is -2.40. The van der Waals surface area contributed by atoms with Crippen molar-refractivity contribution in [3.63, 3.8) is 0 Å². The Morgan fingerprint density at radius 2 is 2.08 bits per heavy atom. The largest absolute Gasteiger partial charge is 0.337 e. The maximum atomic E-state index is 12.8. The molecule has 1 amide bonds. The second-order valence-corrected chi connectivity index (χ2v) is 6.73. The summed E-state index contributed by atoms with van der Waals surface area (Å²) in [5.41, 5.74) is 1.84. The highest BCUT2D eigenvalue weighted by Crippen LogP contribution is 2.26. The number of nitrogens with zero attached hydrogens (tertiary/aromatic N) is 6. The molecular formula is C19H22N6O. The molecule has 4 rings (SSSR count). The number of aryl methyl sites for hydroxylation is 1. The van der Waals surface area contributed by atoms with Crippen molar-refractivity contribution in [1.29, 1.82) is 0 Å². The summed E-state index contributed by atoms with van der Waals surface area (Å²) in [5, 5.41) is 12.6. The minimum absolute atomic E-state index is 0.0313. The van der Waals surface area contributed by atoms with Crippen LogP contribution in [0.25, 0.3) is 0 Å². The van der Waals surface area contributed by atoms with Gasteiger partial charge >= 0.3 is 0 Å². The van der Waals surface area contributed by atoms with Gasteiger partial charge in [-0.2, -0.15) is 5.10 Å². The fourth-order valence-electron chi connectivity index (χ4n) is 3.60. The number of carbonyl (C=O) groups excluding carboxylic acids is 1. The second-order valence-electron chi connectivity index (χ2n) is 6.73. The summed E-state index contributed by atoms with van der Waals surface area (Å²) in [6.45, 7) is 2.18. The van der Waals surface area contributed by atoms with Crippen molar-refractivity contribution in [3.05, 3.63) is 66.0 Å². The Hall–Kier alpha value is -2.96. The van der Waals surface area contributed by atoms with Gasteiger partial charge < -0.3 is 9.47 Å².